The van der Waals surface area contributed by atoms with Gasteiger partial charge in [-0.15, -0.1) is 0 Å². The van der Waals surface area contributed by atoms with Gasteiger partial charge in [0.05, 0.1) is 33.4 Å². The van der Waals surface area contributed by atoms with Crippen LogP contribution in [-0.2, 0) is 28.4 Å². The zero-order valence-electron chi connectivity index (χ0n) is 31.2. The first-order valence-corrected chi connectivity index (χ1v) is 17.8. The third-order valence-electron chi connectivity index (χ3n) is 8.31. The molecule has 0 fully saturated rings. The lowest BCUT2D eigenvalue weighted by atomic mass is 10.0. The molecule has 302 valence electrons. The number of carbonyl (C=O) groups is 6. The third kappa shape index (κ3) is 11.4. The summed E-state index contributed by atoms with van der Waals surface area (Å²) < 4.78 is 35.1. The lowest BCUT2D eigenvalue weighted by Gasteiger charge is -2.35. The topological polar surface area (TPSA) is 235 Å². The van der Waals surface area contributed by atoms with Gasteiger partial charge in [-0.1, -0.05) is 0 Å². The normalized spacial score (nSPS) is 12.6. The molecule has 0 aromatic carbocycles. The van der Waals surface area contributed by atoms with E-state index in [0.717, 1.165) is 0 Å². The molecule has 6 aromatic heterocycles. The van der Waals surface area contributed by atoms with Crippen molar-refractivity contribution in [3.05, 3.63) is 181 Å². The number of ether oxygens (including phenoxy) is 6. The van der Waals surface area contributed by atoms with Crippen LogP contribution in [0.2, 0.25) is 0 Å². The number of nitrogens with zero attached hydrogens (tertiary/aromatic N) is 6. The molecule has 0 spiro atoms. The van der Waals surface area contributed by atoms with E-state index in [0.29, 0.717) is 0 Å². The second-order valence-electron chi connectivity index (χ2n) is 12.2. The van der Waals surface area contributed by atoms with E-state index in [4.69, 9.17) is 28.4 Å². The fourth-order valence-electron chi connectivity index (χ4n) is 5.31. The van der Waals surface area contributed by atoms with E-state index in [1.807, 2.05) is 0 Å². The summed E-state index contributed by atoms with van der Waals surface area (Å²) >= 11 is 0. The third-order valence-corrected chi connectivity index (χ3v) is 8.31. The molecule has 18 nitrogen and oxygen atoms in total. The van der Waals surface area contributed by atoms with Crippen LogP contribution in [0, 0.1) is 0 Å². The van der Waals surface area contributed by atoms with Gasteiger partial charge in [-0.3, -0.25) is 29.9 Å². The summed E-state index contributed by atoms with van der Waals surface area (Å²) in [6.45, 7) is -1.67. The predicted octanol–water partition coefficient (Wildman–Crippen LogP) is 3.97. The molecule has 60 heavy (non-hydrogen) atoms. The molecule has 0 N–H and O–H groups in total. The van der Waals surface area contributed by atoms with Crippen molar-refractivity contribution in [2.45, 2.75) is 24.4 Å². The molecule has 0 amide bonds. The molecule has 0 bridgehead atoms. The molecule has 0 aliphatic heterocycles. The highest BCUT2D eigenvalue weighted by molar-refractivity contribution is 5.92. The first-order chi connectivity index (χ1) is 29.3. The van der Waals surface area contributed by atoms with Crippen molar-refractivity contribution in [1.29, 1.82) is 0 Å². The van der Waals surface area contributed by atoms with E-state index in [-0.39, 0.29) is 33.4 Å². The first kappa shape index (κ1) is 41.4. The standard InChI is InChI=1S/C42H32N6O12/c49-37(27-1-13-43-14-2-27)55-25-33(57-39(51)29-5-17-45-18-6-29)35(59-41(53)31-9-21-47-22-10-31)36(60-42(54)32-11-23-48-24-12-32)34(58-40(52)30-7-19-46-20-8-30)26-56-38(50)28-3-15-44-16-4-28/h1-24,33-36H,25-26H2/t33-,34+,35-,36-/m1/s1. The first-order valence-electron chi connectivity index (χ1n) is 17.8. The van der Waals surface area contributed by atoms with E-state index < -0.39 is 73.4 Å². The van der Waals surface area contributed by atoms with Crippen LogP contribution in [0.5, 0.6) is 0 Å². The SMILES string of the molecule is O=C(OC[C@H](OC(=O)c1ccncc1)[C@@H](OC(=O)c1ccncc1)[C@H](OC(=O)c1ccncc1)[C@@H](COC(=O)c1ccncc1)OC(=O)c1ccncc1)c1ccncc1. The lowest BCUT2D eigenvalue weighted by Crippen LogP contribution is -2.54. The Morgan fingerprint density at radius 3 is 0.750 bits per heavy atom. The predicted molar refractivity (Wildman–Crippen MR) is 203 cm³/mol. The maximum absolute atomic E-state index is 14.0. The second-order valence-corrected chi connectivity index (χ2v) is 12.2. The van der Waals surface area contributed by atoms with Crippen molar-refractivity contribution in [3.63, 3.8) is 0 Å². The molecule has 18 heteroatoms. The highest BCUT2D eigenvalue weighted by Gasteiger charge is 2.46. The van der Waals surface area contributed by atoms with Crippen LogP contribution in [0.3, 0.4) is 0 Å². The summed E-state index contributed by atoms with van der Waals surface area (Å²) in [7, 11) is 0. The Balaban J connectivity index is 1.48. The van der Waals surface area contributed by atoms with Crippen LogP contribution >= 0.6 is 0 Å². The Kier molecular flexibility index (Phi) is 14.3. The average Bonchev–Trinajstić information content (AvgIpc) is 3.31. The molecule has 0 saturated carbocycles. The van der Waals surface area contributed by atoms with Crippen molar-refractivity contribution >= 4 is 35.8 Å². The van der Waals surface area contributed by atoms with E-state index in [1.54, 1.807) is 0 Å². The Hall–Kier alpha value is -8.28. The quantitative estimate of drug-likeness (QED) is 0.0935. The molecule has 6 heterocycles. The van der Waals surface area contributed by atoms with Gasteiger partial charge in [-0.2, -0.15) is 0 Å². The Morgan fingerprint density at radius 1 is 0.317 bits per heavy atom. The lowest BCUT2D eigenvalue weighted by molar-refractivity contribution is -0.138. The highest BCUT2D eigenvalue weighted by atomic mass is 16.6. The molecule has 0 radical (unpaired) electrons. The smallest absolute Gasteiger partial charge is 0.338 e. The molecule has 0 saturated heterocycles. The van der Waals surface area contributed by atoms with E-state index in [2.05, 4.69) is 29.9 Å². The number of hydrogen-bond acceptors (Lipinski definition) is 18. The molecular formula is C42H32N6O12. The largest absolute Gasteiger partial charge is 0.458 e. The highest BCUT2D eigenvalue weighted by Crippen LogP contribution is 2.25. The maximum Gasteiger partial charge on any atom is 0.338 e. The van der Waals surface area contributed by atoms with E-state index >= 15 is 0 Å². The van der Waals surface area contributed by atoms with Crippen LogP contribution in [0.15, 0.2) is 147 Å². The van der Waals surface area contributed by atoms with Gasteiger partial charge in [0, 0.05) is 74.4 Å². The number of aromatic nitrogens is 6. The van der Waals surface area contributed by atoms with Crippen LogP contribution < -0.4 is 0 Å². The summed E-state index contributed by atoms with van der Waals surface area (Å²) in [5.74, 6) is -5.96. The summed E-state index contributed by atoms with van der Waals surface area (Å²) in [5, 5.41) is 0. The minimum absolute atomic E-state index is 0.0213. The summed E-state index contributed by atoms with van der Waals surface area (Å²) in [6.07, 6.45) is 8.23. The van der Waals surface area contributed by atoms with E-state index in [9.17, 15) is 28.8 Å². The van der Waals surface area contributed by atoms with Crippen molar-refractivity contribution in [3.8, 4) is 0 Å². The van der Waals surface area contributed by atoms with Gasteiger partial charge >= 0.3 is 35.8 Å². The summed E-state index contributed by atoms with van der Waals surface area (Å²) in [4.78, 5) is 106. The van der Waals surface area contributed by atoms with Crippen LogP contribution in [0.25, 0.3) is 0 Å². The molecule has 6 aromatic rings. The summed E-state index contributed by atoms with van der Waals surface area (Å²) in [6, 6.07) is 16.1. The molecule has 0 unspecified atom stereocenters. The number of esters is 6. The Morgan fingerprint density at radius 2 is 0.517 bits per heavy atom. The fraction of sp³-hybridized carbons (Fsp3) is 0.143. The van der Waals surface area contributed by atoms with Crippen LogP contribution in [0.4, 0.5) is 0 Å². The maximum atomic E-state index is 14.0. The Bertz CT molecular complexity index is 2200. The number of hydrogen-bond donors (Lipinski definition) is 0. The van der Waals surface area contributed by atoms with Crippen molar-refractivity contribution in [2.75, 3.05) is 13.2 Å². The van der Waals surface area contributed by atoms with E-state index in [1.165, 1.54) is 147 Å². The van der Waals surface area contributed by atoms with Gasteiger partial charge in [0.15, 0.2) is 24.4 Å². The van der Waals surface area contributed by atoms with Crippen molar-refractivity contribution < 1.29 is 57.2 Å². The molecule has 0 aliphatic carbocycles. The fourth-order valence-corrected chi connectivity index (χ4v) is 5.31. The second kappa shape index (κ2) is 20.8. The van der Waals surface area contributed by atoms with Crippen molar-refractivity contribution in [2.24, 2.45) is 0 Å². The number of pyridine rings is 6. The zero-order chi connectivity index (χ0) is 42.1. The van der Waals surface area contributed by atoms with Gasteiger partial charge in [-0.05, 0) is 72.8 Å². The van der Waals surface area contributed by atoms with Crippen LogP contribution in [-0.4, -0.2) is 103 Å². The summed E-state index contributed by atoms with van der Waals surface area (Å²) in [5.41, 5.74) is -0.0445. The monoisotopic (exact) mass is 812 g/mol. The van der Waals surface area contributed by atoms with Gasteiger partial charge in [0.2, 0.25) is 0 Å². The number of rotatable bonds is 17. The molecule has 0 aliphatic rings. The number of carbonyl (C=O) groups excluding carboxylic acids is 6. The minimum atomic E-state index is -2.00. The molecule has 6 rings (SSSR count). The van der Waals surface area contributed by atoms with Gasteiger partial charge < -0.3 is 28.4 Å². The average molecular weight is 813 g/mol. The van der Waals surface area contributed by atoms with Gasteiger partial charge in [-0.25, -0.2) is 28.8 Å². The van der Waals surface area contributed by atoms with Gasteiger partial charge in [0.1, 0.15) is 13.2 Å². The van der Waals surface area contributed by atoms with Crippen molar-refractivity contribution in [1.82, 2.24) is 29.9 Å². The Labute approximate surface area is 340 Å². The van der Waals surface area contributed by atoms with Crippen LogP contribution in [0.1, 0.15) is 62.1 Å². The molecular weight excluding hydrogens is 780 g/mol. The molecule has 4 atom stereocenters. The zero-order valence-corrected chi connectivity index (χ0v) is 31.2. The van der Waals surface area contributed by atoms with Gasteiger partial charge in [0.25, 0.3) is 0 Å². The minimum Gasteiger partial charge on any atom is -0.458 e.